The number of nitrogens with one attached hydrogen (secondary N) is 2. The van der Waals surface area contributed by atoms with Crippen molar-refractivity contribution in [3.05, 3.63) is 54.1 Å². The molecule has 28 heavy (non-hydrogen) atoms. The molecule has 148 valence electrons. The molecule has 4 N–H and O–H groups in total. The maximum absolute atomic E-state index is 12.5. The van der Waals surface area contributed by atoms with Crippen molar-refractivity contribution < 1.29 is 14.4 Å². The largest absolute Gasteiger partial charge is 0.399 e. The van der Waals surface area contributed by atoms with Crippen molar-refractivity contribution in [1.82, 2.24) is 5.32 Å². The van der Waals surface area contributed by atoms with E-state index in [9.17, 15) is 14.4 Å². The Morgan fingerprint density at radius 2 is 1.79 bits per heavy atom. The second kappa shape index (κ2) is 9.75. The number of fused-ring (bicyclic) bond motifs is 1. The first-order valence-corrected chi connectivity index (χ1v) is 8.83. The van der Waals surface area contributed by atoms with Gasteiger partial charge in [-0.3, -0.25) is 14.4 Å². The molecule has 0 atom stereocenters. The molecule has 0 saturated heterocycles. The Hall–Kier alpha value is -3.06. The lowest BCUT2D eigenvalue weighted by Gasteiger charge is -2.29. The number of amides is 3. The highest BCUT2D eigenvalue weighted by molar-refractivity contribution is 6.10. The average Bonchev–Trinajstić information content (AvgIpc) is 2.67. The van der Waals surface area contributed by atoms with Gasteiger partial charge in [0.1, 0.15) is 6.54 Å². The summed E-state index contributed by atoms with van der Waals surface area (Å²) in [4.78, 5) is 37.7. The maximum atomic E-state index is 12.5. The van der Waals surface area contributed by atoms with E-state index in [4.69, 9.17) is 5.73 Å². The Morgan fingerprint density at radius 3 is 2.54 bits per heavy atom. The van der Waals surface area contributed by atoms with Gasteiger partial charge in [0.25, 0.3) is 0 Å². The lowest BCUT2D eigenvalue weighted by Crippen LogP contribution is -2.42. The molecule has 3 amide bonds. The fourth-order valence-electron chi connectivity index (χ4n) is 2.93. The topological polar surface area (TPSA) is 105 Å². The number of anilines is 3. The van der Waals surface area contributed by atoms with Crippen molar-refractivity contribution in [2.24, 2.45) is 0 Å². The highest BCUT2D eigenvalue weighted by Crippen LogP contribution is 2.29. The number of carbonyl (C=O) groups is 3. The van der Waals surface area contributed by atoms with Gasteiger partial charge in [0.05, 0.1) is 11.4 Å². The minimum Gasteiger partial charge on any atom is -0.399 e. The molecule has 0 aromatic heterocycles. The molecule has 2 aromatic carbocycles. The van der Waals surface area contributed by atoms with E-state index < -0.39 is 0 Å². The van der Waals surface area contributed by atoms with Crippen LogP contribution in [0.5, 0.6) is 0 Å². The van der Waals surface area contributed by atoms with Gasteiger partial charge in [-0.2, -0.15) is 0 Å². The maximum Gasteiger partial charge on any atom is 0.244 e. The van der Waals surface area contributed by atoms with E-state index in [-0.39, 0.29) is 49.5 Å². The normalized spacial score (nSPS) is 12.4. The predicted molar refractivity (Wildman–Crippen MR) is 111 cm³/mol. The molecule has 0 radical (unpaired) electrons. The number of para-hydroxylation sites is 2. The molecule has 0 spiro atoms. The molecule has 0 fully saturated rings. The minimum atomic E-state index is -0.244. The second-order valence-corrected chi connectivity index (χ2v) is 6.39. The van der Waals surface area contributed by atoms with Crippen molar-refractivity contribution in [1.29, 1.82) is 0 Å². The number of hydrogen-bond acceptors (Lipinski definition) is 4. The molecule has 1 aliphatic heterocycles. The van der Waals surface area contributed by atoms with Crippen LogP contribution in [0.3, 0.4) is 0 Å². The van der Waals surface area contributed by atoms with Crippen LogP contribution in [0.4, 0.5) is 17.1 Å². The summed E-state index contributed by atoms with van der Waals surface area (Å²) in [5.41, 5.74) is 8.69. The summed E-state index contributed by atoms with van der Waals surface area (Å²) < 4.78 is 0. The van der Waals surface area contributed by atoms with E-state index in [1.807, 2.05) is 24.3 Å². The third-order valence-corrected chi connectivity index (χ3v) is 4.35. The molecule has 7 nitrogen and oxygen atoms in total. The van der Waals surface area contributed by atoms with Crippen molar-refractivity contribution >= 4 is 47.2 Å². The van der Waals surface area contributed by atoms with E-state index in [1.165, 1.54) is 4.90 Å². The van der Waals surface area contributed by atoms with Gasteiger partial charge >= 0.3 is 0 Å². The van der Waals surface area contributed by atoms with E-state index in [2.05, 4.69) is 10.6 Å². The van der Waals surface area contributed by atoms with Crippen molar-refractivity contribution in [2.75, 3.05) is 29.0 Å². The Morgan fingerprint density at radius 1 is 1.07 bits per heavy atom. The van der Waals surface area contributed by atoms with Crippen LogP contribution in [0.1, 0.15) is 18.4 Å². The van der Waals surface area contributed by atoms with Gasteiger partial charge < -0.3 is 21.3 Å². The van der Waals surface area contributed by atoms with Gasteiger partial charge in [0, 0.05) is 25.1 Å². The highest BCUT2D eigenvalue weighted by Gasteiger charge is 2.26. The average molecular weight is 403 g/mol. The first-order chi connectivity index (χ1) is 13.0. The standard InChI is InChI=1S/C20H22N4O3.ClH/c21-15-7-5-14(6-8-15)11-12-22-18(25)9-10-20(27)24-13-19(26)23-16-3-1-2-4-17(16)24;/h1-8H,9-13,21H2,(H,22,25)(H,23,26);1H. The van der Waals surface area contributed by atoms with Gasteiger partial charge in [0.2, 0.25) is 17.7 Å². The van der Waals surface area contributed by atoms with Crippen LogP contribution in [0, 0.1) is 0 Å². The number of nitrogen functional groups attached to an aromatic ring is 1. The first-order valence-electron chi connectivity index (χ1n) is 8.83. The van der Waals surface area contributed by atoms with Gasteiger partial charge in [0.15, 0.2) is 0 Å². The smallest absolute Gasteiger partial charge is 0.244 e. The second-order valence-electron chi connectivity index (χ2n) is 6.39. The first kappa shape index (κ1) is 21.2. The SMILES string of the molecule is Cl.Nc1ccc(CCNC(=O)CCC(=O)N2CC(=O)Nc3ccccc32)cc1. The molecule has 0 bridgehead atoms. The number of benzene rings is 2. The quantitative estimate of drug-likeness (QED) is 0.643. The zero-order valence-corrected chi connectivity index (χ0v) is 16.1. The fraction of sp³-hybridized carbons (Fsp3) is 0.250. The lowest BCUT2D eigenvalue weighted by molar-refractivity contribution is -0.125. The van der Waals surface area contributed by atoms with Gasteiger partial charge in [-0.25, -0.2) is 0 Å². The monoisotopic (exact) mass is 402 g/mol. The fourth-order valence-corrected chi connectivity index (χ4v) is 2.93. The van der Waals surface area contributed by atoms with Crippen molar-refractivity contribution in [3.63, 3.8) is 0 Å². The van der Waals surface area contributed by atoms with Crippen LogP contribution in [0.25, 0.3) is 0 Å². The van der Waals surface area contributed by atoms with E-state index in [0.29, 0.717) is 30.0 Å². The van der Waals surface area contributed by atoms with Gasteiger partial charge in [-0.1, -0.05) is 24.3 Å². The molecule has 3 rings (SSSR count). The van der Waals surface area contributed by atoms with Crippen LogP contribution in [-0.2, 0) is 20.8 Å². The molecule has 0 saturated carbocycles. The summed E-state index contributed by atoms with van der Waals surface area (Å²) in [5, 5.41) is 5.55. The van der Waals surface area contributed by atoms with Crippen molar-refractivity contribution in [2.45, 2.75) is 19.3 Å². The zero-order chi connectivity index (χ0) is 19.2. The van der Waals surface area contributed by atoms with E-state index in [1.54, 1.807) is 24.3 Å². The minimum absolute atomic E-state index is 0. The lowest BCUT2D eigenvalue weighted by atomic mass is 10.1. The predicted octanol–water partition coefficient (Wildman–Crippen LogP) is 2.11. The number of nitrogens with zero attached hydrogens (tertiary/aromatic N) is 1. The number of nitrogens with two attached hydrogens (primary N) is 1. The molecule has 0 aliphatic carbocycles. The number of rotatable bonds is 6. The molecular weight excluding hydrogens is 380 g/mol. The van der Waals surface area contributed by atoms with Gasteiger partial charge in [-0.05, 0) is 36.2 Å². The zero-order valence-electron chi connectivity index (χ0n) is 15.3. The summed E-state index contributed by atoms with van der Waals surface area (Å²) in [5.74, 6) is -0.672. The van der Waals surface area contributed by atoms with Crippen LogP contribution in [0.2, 0.25) is 0 Å². The third-order valence-electron chi connectivity index (χ3n) is 4.35. The summed E-state index contributed by atoms with van der Waals surface area (Å²) >= 11 is 0. The van der Waals surface area contributed by atoms with Gasteiger partial charge in [-0.15, -0.1) is 12.4 Å². The molecule has 8 heteroatoms. The molecular formula is C20H23ClN4O3. The highest BCUT2D eigenvalue weighted by atomic mass is 35.5. The molecule has 2 aromatic rings. The Balaban J connectivity index is 0.00000280. The van der Waals surface area contributed by atoms with Crippen LogP contribution < -0.4 is 21.3 Å². The molecule has 0 unspecified atom stereocenters. The van der Waals surface area contributed by atoms with E-state index >= 15 is 0 Å². The summed E-state index contributed by atoms with van der Waals surface area (Å²) in [7, 11) is 0. The Kier molecular flexibility index (Phi) is 7.40. The molecule has 1 heterocycles. The summed E-state index contributed by atoms with van der Waals surface area (Å²) in [6, 6.07) is 14.6. The van der Waals surface area contributed by atoms with Crippen molar-refractivity contribution in [3.8, 4) is 0 Å². The Bertz CT molecular complexity index is 855. The van der Waals surface area contributed by atoms with Crippen LogP contribution in [-0.4, -0.2) is 30.8 Å². The summed E-state index contributed by atoms with van der Waals surface area (Å²) in [6.07, 6.45) is 0.829. The van der Waals surface area contributed by atoms with Crippen LogP contribution in [0.15, 0.2) is 48.5 Å². The summed E-state index contributed by atoms with van der Waals surface area (Å²) in [6.45, 7) is 0.459. The van der Waals surface area contributed by atoms with E-state index in [0.717, 1.165) is 5.56 Å². The number of halogens is 1. The third kappa shape index (κ3) is 5.47. The Labute approximate surface area is 169 Å². The number of hydrogen-bond donors (Lipinski definition) is 3. The molecule has 1 aliphatic rings. The number of carbonyl (C=O) groups excluding carboxylic acids is 3. The van der Waals surface area contributed by atoms with Crippen LogP contribution >= 0.6 is 12.4 Å².